The first-order chi connectivity index (χ1) is 5.23. The van der Waals surface area contributed by atoms with Crippen LogP contribution in [0.15, 0.2) is 0 Å². The van der Waals surface area contributed by atoms with Crippen LogP contribution >= 0.6 is 0 Å². The van der Waals surface area contributed by atoms with Crippen molar-refractivity contribution in [3.8, 4) is 12.3 Å². The van der Waals surface area contributed by atoms with Crippen molar-refractivity contribution >= 4 is 0 Å². The van der Waals surface area contributed by atoms with Crippen molar-refractivity contribution in [3.05, 3.63) is 0 Å². The van der Waals surface area contributed by atoms with Crippen LogP contribution in [-0.4, -0.2) is 0 Å². The Morgan fingerprint density at radius 2 is 1.58 bits per heavy atom. The van der Waals surface area contributed by atoms with E-state index in [-0.39, 0.29) is 10.8 Å². The second kappa shape index (κ2) is 3.52. The number of hydrogen-bond acceptors (Lipinski definition) is 0. The molecule has 0 aliphatic heterocycles. The number of rotatable bonds is 2. The summed E-state index contributed by atoms with van der Waals surface area (Å²) in [6.45, 7) is 13.3. The summed E-state index contributed by atoms with van der Waals surface area (Å²) in [6.07, 6.45) is 6.70. The van der Waals surface area contributed by atoms with Crippen molar-refractivity contribution in [1.29, 1.82) is 0 Å². The molecule has 0 N–H and O–H groups in total. The van der Waals surface area contributed by atoms with Gasteiger partial charge in [0, 0.05) is 5.41 Å². The molecular formula is C12H22. The van der Waals surface area contributed by atoms with Crippen LogP contribution in [0, 0.1) is 29.1 Å². The van der Waals surface area contributed by atoms with E-state index in [2.05, 4.69) is 47.5 Å². The van der Waals surface area contributed by atoms with Gasteiger partial charge in [-0.05, 0) is 24.7 Å². The van der Waals surface area contributed by atoms with Gasteiger partial charge in [0.1, 0.15) is 0 Å². The van der Waals surface area contributed by atoms with Crippen LogP contribution in [0.25, 0.3) is 0 Å². The molecule has 0 saturated carbocycles. The highest BCUT2D eigenvalue weighted by molar-refractivity contribution is 5.09. The van der Waals surface area contributed by atoms with Crippen LogP contribution in [0.4, 0.5) is 0 Å². The van der Waals surface area contributed by atoms with Gasteiger partial charge in [-0.25, -0.2) is 0 Å². The highest BCUT2D eigenvalue weighted by Gasteiger charge is 2.35. The van der Waals surface area contributed by atoms with Gasteiger partial charge in [0.15, 0.2) is 0 Å². The Hall–Kier alpha value is -0.440. The molecule has 0 aromatic carbocycles. The van der Waals surface area contributed by atoms with E-state index in [0.717, 1.165) is 6.42 Å². The van der Waals surface area contributed by atoms with Gasteiger partial charge in [-0.15, -0.1) is 6.42 Å². The summed E-state index contributed by atoms with van der Waals surface area (Å²) >= 11 is 0. The Morgan fingerprint density at radius 3 is 1.67 bits per heavy atom. The molecule has 12 heavy (non-hydrogen) atoms. The fraction of sp³-hybridized carbons (Fsp3) is 0.833. The van der Waals surface area contributed by atoms with Gasteiger partial charge in [-0.2, -0.15) is 0 Å². The molecule has 1 unspecified atom stereocenters. The molecule has 0 radical (unpaired) electrons. The van der Waals surface area contributed by atoms with Crippen molar-refractivity contribution in [1.82, 2.24) is 0 Å². The minimum absolute atomic E-state index is 0.0289. The van der Waals surface area contributed by atoms with E-state index in [0.29, 0.717) is 5.92 Å². The van der Waals surface area contributed by atoms with E-state index in [1.54, 1.807) is 0 Å². The molecular weight excluding hydrogens is 144 g/mol. The molecule has 70 valence electrons. The normalized spacial score (nSPS) is 17.2. The molecule has 0 aliphatic rings. The Balaban J connectivity index is 4.61. The predicted molar refractivity (Wildman–Crippen MR) is 55.9 cm³/mol. The van der Waals surface area contributed by atoms with Gasteiger partial charge in [-0.3, -0.25) is 0 Å². The fourth-order valence-corrected chi connectivity index (χ4v) is 1.40. The standard InChI is InChI=1S/C12H22/c1-8-12(7,9-10(2)3)11(4,5)6/h1,10H,9H2,2-7H3. The van der Waals surface area contributed by atoms with E-state index in [9.17, 15) is 0 Å². The zero-order chi connectivity index (χ0) is 9.99. The molecule has 0 aromatic heterocycles. The van der Waals surface area contributed by atoms with Gasteiger partial charge in [0.2, 0.25) is 0 Å². The largest absolute Gasteiger partial charge is 0.120 e. The Kier molecular flexibility index (Phi) is 3.39. The lowest BCUT2D eigenvalue weighted by molar-refractivity contribution is 0.148. The van der Waals surface area contributed by atoms with Crippen molar-refractivity contribution in [2.75, 3.05) is 0 Å². The molecule has 1 atom stereocenters. The molecule has 0 aromatic rings. The average molecular weight is 166 g/mol. The SMILES string of the molecule is C#CC(C)(CC(C)C)C(C)(C)C. The van der Waals surface area contributed by atoms with Gasteiger partial charge < -0.3 is 0 Å². The fourth-order valence-electron chi connectivity index (χ4n) is 1.40. The monoisotopic (exact) mass is 166 g/mol. The molecule has 0 aliphatic carbocycles. The van der Waals surface area contributed by atoms with Crippen LogP contribution in [0.5, 0.6) is 0 Å². The van der Waals surface area contributed by atoms with Crippen LogP contribution in [0.2, 0.25) is 0 Å². The third-order valence-electron chi connectivity index (χ3n) is 2.79. The molecule has 0 heterocycles. The lowest BCUT2D eigenvalue weighted by atomic mass is 9.65. The summed E-state index contributed by atoms with van der Waals surface area (Å²) in [6, 6.07) is 0. The summed E-state index contributed by atoms with van der Waals surface area (Å²) in [5.74, 6) is 3.62. The van der Waals surface area contributed by atoms with E-state index >= 15 is 0 Å². The van der Waals surface area contributed by atoms with Crippen LogP contribution in [0.3, 0.4) is 0 Å². The van der Waals surface area contributed by atoms with Crippen molar-refractivity contribution in [3.63, 3.8) is 0 Å². The predicted octanol–water partition coefficient (Wildman–Crippen LogP) is 3.72. The third kappa shape index (κ3) is 2.55. The molecule has 0 fully saturated rings. The molecule has 0 rings (SSSR count). The molecule has 0 saturated heterocycles. The molecule has 0 amide bonds. The smallest absolute Gasteiger partial charge is 0.0334 e. The van der Waals surface area contributed by atoms with Crippen LogP contribution in [-0.2, 0) is 0 Å². The second-order valence-electron chi connectivity index (χ2n) is 5.32. The van der Waals surface area contributed by atoms with Crippen molar-refractivity contribution in [2.45, 2.75) is 48.0 Å². The van der Waals surface area contributed by atoms with E-state index in [1.807, 2.05) is 0 Å². The molecule has 0 spiro atoms. The maximum Gasteiger partial charge on any atom is 0.0334 e. The van der Waals surface area contributed by atoms with Crippen LogP contribution in [0.1, 0.15) is 48.0 Å². The maximum absolute atomic E-state index is 5.59. The van der Waals surface area contributed by atoms with E-state index in [1.165, 1.54) is 0 Å². The molecule has 0 heteroatoms. The number of terminal acetylenes is 1. The topological polar surface area (TPSA) is 0 Å². The Morgan fingerprint density at radius 1 is 1.17 bits per heavy atom. The summed E-state index contributed by atoms with van der Waals surface area (Å²) < 4.78 is 0. The lowest BCUT2D eigenvalue weighted by Crippen LogP contribution is -2.32. The molecule has 0 nitrogen and oxygen atoms in total. The Bertz CT molecular complexity index is 175. The first-order valence-corrected chi connectivity index (χ1v) is 4.71. The van der Waals surface area contributed by atoms with Gasteiger partial charge in [0.25, 0.3) is 0 Å². The summed E-state index contributed by atoms with van der Waals surface area (Å²) in [7, 11) is 0. The highest BCUT2D eigenvalue weighted by Crippen LogP contribution is 2.42. The van der Waals surface area contributed by atoms with Gasteiger partial charge in [0.05, 0.1) is 0 Å². The zero-order valence-electron chi connectivity index (χ0n) is 9.36. The van der Waals surface area contributed by atoms with Crippen LogP contribution < -0.4 is 0 Å². The average Bonchev–Trinajstić information content (AvgIpc) is 1.83. The summed E-state index contributed by atoms with van der Waals surface area (Å²) in [5, 5.41) is 0. The van der Waals surface area contributed by atoms with E-state index in [4.69, 9.17) is 6.42 Å². The van der Waals surface area contributed by atoms with Gasteiger partial charge >= 0.3 is 0 Å². The third-order valence-corrected chi connectivity index (χ3v) is 2.79. The van der Waals surface area contributed by atoms with Crippen molar-refractivity contribution < 1.29 is 0 Å². The first kappa shape index (κ1) is 11.6. The second-order valence-corrected chi connectivity index (χ2v) is 5.32. The van der Waals surface area contributed by atoms with Gasteiger partial charge in [-0.1, -0.05) is 40.5 Å². The highest BCUT2D eigenvalue weighted by atomic mass is 14.4. The minimum Gasteiger partial charge on any atom is -0.120 e. The maximum atomic E-state index is 5.59. The first-order valence-electron chi connectivity index (χ1n) is 4.71. The zero-order valence-corrected chi connectivity index (χ0v) is 9.36. The Labute approximate surface area is 77.8 Å². The molecule has 0 bridgehead atoms. The van der Waals surface area contributed by atoms with E-state index < -0.39 is 0 Å². The quantitative estimate of drug-likeness (QED) is 0.548. The summed E-state index contributed by atoms with van der Waals surface area (Å²) in [5.41, 5.74) is 0.229. The lowest BCUT2D eigenvalue weighted by Gasteiger charge is -2.39. The minimum atomic E-state index is 0.0289. The summed E-state index contributed by atoms with van der Waals surface area (Å²) in [4.78, 5) is 0. The number of hydrogen-bond donors (Lipinski definition) is 0. The van der Waals surface area contributed by atoms with Crippen molar-refractivity contribution in [2.24, 2.45) is 16.7 Å².